The molecule has 0 heterocycles. The Kier molecular flexibility index (Phi) is 4.85. The van der Waals surface area contributed by atoms with Gasteiger partial charge in [-0.3, -0.25) is 0 Å². The van der Waals surface area contributed by atoms with Crippen LogP contribution < -0.4 is 5.32 Å². The summed E-state index contributed by atoms with van der Waals surface area (Å²) >= 11 is 0. The van der Waals surface area contributed by atoms with E-state index in [1.807, 2.05) is 14.0 Å². The molecule has 4 atom stereocenters. The smallest absolute Gasteiger partial charge is 0.0807 e. The van der Waals surface area contributed by atoms with Gasteiger partial charge in [0.1, 0.15) is 0 Å². The lowest BCUT2D eigenvalue weighted by Gasteiger charge is -2.34. The standard InChI is InChI=1S/C11H23NO2/c1-8(13)9(2)14-11-7-5-4-6-10(11)12-3/h8-13H,4-7H2,1-3H3. The van der Waals surface area contributed by atoms with Crippen molar-refractivity contribution >= 4 is 0 Å². The zero-order valence-corrected chi connectivity index (χ0v) is 9.49. The van der Waals surface area contributed by atoms with Crippen molar-refractivity contribution in [1.82, 2.24) is 5.32 Å². The average Bonchev–Trinajstić information content (AvgIpc) is 2.18. The molecule has 1 fully saturated rings. The molecule has 0 radical (unpaired) electrons. The van der Waals surface area contributed by atoms with Crippen LogP contribution in [-0.2, 0) is 4.74 Å². The van der Waals surface area contributed by atoms with Crippen LogP contribution >= 0.6 is 0 Å². The molecule has 1 rings (SSSR count). The largest absolute Gasteiger partial charge is 0.391 e. The average molecular weight is 201 g/mol. The van der Waals surface area contributed by atoms with Crippen molar-refractivity contribution in [2.75, 3.05) is 7.05 Å². The Morgan fingerprint density at radius 2 is 1.93 bits per heavy atom. The van der Waals surface area contributed by atoms with Crippen LogP contribution in [0.2, 0.25) is 0 Å². The molecule has 0 aromatic rings. The van der Waals surface area contributed by atoms with E-state index in [1.54, 1.807) is 6.92 Å². The monoisotopic (exact) mass is 201 g/mol. The summed E-state index contributed by atoms with van der Waals surface area (Å²) in [5.41, 5.74) is 0. The summed E-state index contributed by atoms with van der Waals surface area (Å²) in [5.74, 6) is 0. The first-order valence-electron chi connectivity index (χ1n) is 5.66. The van der Waals surface area contributed by atoms with Gasteiger partial charge in [-0.15, -0.1) is 0 Å². The van der Waals surface area contributed by atoms with Gasteiger partial charge in [-0.1, -0.05) is 12.8 Å². The fourth-order valence-corrected chi connectivity index (χ4v) is 1.98. The van der Waals surface area contributed by atoms with Crippen molar-refractivity contribution in [1.29, 1.82) is 0 Å². The molecule has 14 heavy (non-hydrogen) atoms. The van der Waals surface area contributed by atoms with E-state index in [2.05, 4.69) is 5.32 Å². The Balaban J connectivity index is 2.40. The second-order valence-corrected chi connectivity index (χ2v) is 4.30. The molecule has 0 spiro atoms. The van der Waals surface area contributed by atoms with Gasteiger partial charge in [-0.2, -0.15) is 0 Å². The number of hydrogen-bond acceptors (Lipinski definition) is 3. The summed E-state index contributed by atoms with van der Waals surface area (Å²) in [6.07, 6.45) is 4.67. The van der Waals surface area contributed by atoms with Gasteiger partial charge in [0.15, 0.2) is 0 Å². The number of rotatable bonds is 4. The number of likely N-dealkylation sites (N-methyl/N-ethyl adjacent to an activating group) is 1. The second kappa shape index (κ2) is 5.69. The quantitative estimate of drug-likeness (QED) is 0.720. The first kappa shape index (κ1) is 12.0. The highest BCUT2D eigenvalue weighted by Crippen LogP contribution is 2.22. The molecule has 1 aliphatic rings. The molecule has 3 heteroatoms. The molecule has 0 bridgehead atoms. The van der Waals surface area contributed by atoms with Crippen LogP contribution in [0.15, 0.2) is 0 Å². The van der Waals surface area contributed by atoms with Gasteiger partial charge in [-0.25, -0.2) is 0 Å². The molecule has 0 aliphatic heterocycles. The third-order valence-electron chi connectivity index (χ3n) is 3.14. The lowest BCUT2D eigenvalue weighted by Crippen LogP contribution is -2.44. The molecule has 0 aromatic heterocycles. The van der Waals surface area contributed by atoms with Crippen molar-refractivity contribution in [3.63, 3.8) is 0 Å². The molecule has 1 saturated carbocycles. The first-order chi connectivity index (χ1) is 6.65. The summed E-state index contributed by atoms with van der Waals surface area (Å²) in [6.45, 7) is 3.72. The zero-order valence-electron chi connectivity index (χ0n) is 9.49. The van der Waals surface area contributed by atoms with Crippen LogP contribution in [0.25, 0.3) is 0 Å². The molecular weight excluding hydrogens is 178 g/mol. The predicted molar refractivity (Wildman–Crippen MR) is 57.3 cm³/mol. The molecule has 0 amide bonds. The van der Waals surface area contributed by atoms with Crippen LogP contribution in [0, 0.1) is 0 Å². The van der Waals surface area contributed by atoms with Crippen LogP contribution in [0.4, 0.5) is 0 Å². The molecular formula is C11H23NO2. The number of aliphatic hydroxyl groups is 1. The van der Waals surface area contributed by atoms with E-state index in [1.165, 1.54) is 19.3 Å². The van der Waals surface area contributed by atoms with Crippen LogP contribution in [-0.4, -0.2) is 36.5 Å². The van der Waals surface area contributed by atoms with Gasteiger partial charge in [-0.05, 0) is 33.7 Å². The summed E-state index contributed by atoms with van der Waals surface area (Å²) < 4.78 is 5.84. The lowest BCUT2D eigenvalue weighted by atomic mass is 9.92. The van der Waals surface area contributed by atoms with E-state index in [4.69, 9.17) is 4.74 Å². The maximum atomic E-state index is 9.37. The Morgan fingerprint density at radius 3 is 2.50 bits per heavy atom. The Bertz CT molecular complexity index is 161. The Morgan fingerprint density at radius 1 is 1.29 bits per heavy atom. The van der Waals surface area contributed by atoms with Crippen molar-refractivity contribution in [2.45, 2.75) is 63.9 Å². The molecule has 2 N–H and O–H groups in total. The number of nitrogens with one attached hydrogen (secondary N) is 1. The van der Waals surface area contributed by atoms with E-state index in [0.717, 1.165) is 6.42 Å². The molecule has 3 nitrogen and oxygen atoms in total. The minimum atomic E-state index is -0.380. The minimum absolute atomic E-state index is 0.0612. The highest BCUT2D eigenvalue weighted by molar-refractivity contribution is 4.81. The summed E-state index contributed by atoms with van der Waals surface area (Å²) in [7, 11) is 1.99. The van der Waals surface area contributed by atoms with E-state index in [-0.39, 0.29) is 18.3 Å². The fraction of sp³-hybridized carbons (Fsp3) is 1.00. The summed E-state index contributed by atoms with van der Waals surface area (Å²) in [4.78, 5) is 0. The van der Waals surface area contributed by atoms with Crippen molar-refractivity contribution in [2.24, 2.45) is 0 Å². The normalized spacial score (nSPS) is 32.6. The highest BCUT2D eigenvalue weighted by Gasteiger charge is 2.26. The van der Waals surface area contributed by atoms with E-state index in [0.29, 0.717) is 6.04 Å². The maximum Gasteiger partial charge on any atom is 0.0807 e. The van der Waals surface area contributed by atoms with Crippen molar-refractivity contribution < 1.29 is 9.84 Å². The van der Waals surface area contributed by atoms with E-state index >= 15 is 0 Å². The first-order valence-corrected chi connectivity index (χ1v) is 5.66. The molecule has 0 aromatic carbocycles. The lowest BCUT2D eigenvalue weighted by molar-refractivity contribution is -0.0830. The molecule has 84 valence electrons. The number of hydrogen-bond donors (Lipinski definition) is 2. The van der Waals surface area contributed by atoms with Gasteiger partial charge in [0.25, 0.3) is 0 Å². The number of ether oxygens (including phenoxy) is 1. The SMILES string of the molecule is CNC1CCCCC1OC(C)C(C)O. The van der Waals surface area contributed by atoms with E-state index in [9.17, 15) is 5.11 Å². The third-order valence-corrected chi connectivity index (χ3v) is 3.14. The van der Waals surface area contributed by atoms with Gasteiger partial charge in [0.2, 0.25) is 0 Å². The topological polar surface area (TPSA) is 41.5 Å². The molecule has 0 saturated heterocycles. The zero-order chi connectivity index (χ0) is 10.6. The van der Waals surface area contributed by atoms with Crippen LogP contribution in [0.3, 0.4) is 0 Å². The van der Waals surface area contributed by atoms with Gasteiger partial charge < -0.3 is 15.2 Å². The molecule has 4 unspecified atom stereocenters. The van der Waals surface area contributed by atoms with Crippen LogP contribution in [0.5, 0.6) is 0 Å². The Hall–Kier alpha value is -0.120. The minimum Gasteiger partial charge on any atom is -0.391 e. The maximum absolute atomic E-state index is 9.37. The van der Waals surface area contributed by atoms with Crippen LogP contribution in [0.1, 0.15) is 39.5 Å². The highest BCUT2D eigenvalue weighted by atomic mass is 16.5. The summed E-state index contributed by atoms with van der Waals surface area (Å²) in [5, 5.41) is 12.7. The van der Waals surface area contributed by atoms with Gasteiger partial charge >= 0.3 is 0 Å². The predicted octanol–water partition coefficient (Wildman–Crippen LogP) is 1.30. The van der Waals surface area contributed by atoms with Crippen molar-refractivity contribution in [3.05, 3.63) is 0 Å². The fourth-order valence-electron chi connectivity index (χ4n) is 1.98. The van der Waals surface area contributed by atoms with Gasteiger partial charge in [0.05, 0.1) is 18.3 Å². The van der Waals surface area contributed by atoms with Gasteiger partial charge in [0, 0.05) is 6.04 Å². The number of aliphatic hydroxyl groups excluding tert-OH is 1. The van der Waals surface area contributed by atoms with E-state index < -0.39 is 0 Å². The van der Waals surface area contributed by atoms with Crippen molar-refractivity contribution in [3.8, 4) is 0 Å². The third kappa shape index (κ3) is 3.23. The second-order valence-electron chi connectivity index (χ2n) is 4.30. The summed E-state index contributed by atoms with van der Waals surface area (Å²) in [6, 6.07) is 0.463. The Labute approximate surface area is 86.8 Å². The molecule has 1 aliphatic carbocycles.